The Morgan fingerprint density at radius 2 is 2.17 bits per heavy atom. The van der Waals surface area contributed by atoms with Crippen molar-refractivity contribution in [1.82, 2.24) is 9.88 Å². The lowest BCUT2D eigenvalue weighted by Gasteiger charge is -2.30. The van der Waals surface area contributed by atoms with Gasteiger partial charge >= 0.3 is 0 Å². The molecule has 3 rings (SSSR count). The van der Waals surface area contributed by atoms with Gasteiger partial charge in [-0.1, -0.05) is 13.0 Å². The van der Waals surface area contributed by atoms with Crippen molar-refractivity contribution in [2.75, 3.05) is 27.3 Å². The summed E-state index contributed by atoms with van der Waals surface area (Å²) in [7, 11) is 3.21. The molecule has 1 atom stereocenters. The predicted octanol–water partition coefficient (Wildman–Crippen LogP) is 3.70. The highest BCUT2D eigenvalue weighted by atomic mass is 32.1. The van der Waals surface area contributed by atoms with Crippen LogP contribution >= 0.6 is 11.3 Å². The van der Waals surface area contributed by atoms with E-state index in [2.05, 4.69) is 11.9 Å². The number of hydrogen-bond donors (Lipinski definition) is 0. The maximum Gasteiger partial charge on any atom is 0.273 e. The molecule has 0 N–H and O–H groups in total. The molecule has 1 aliphatic rings. The van der Waals surface area contributed by atoms with Crippen LogP contribution in [0.3, 0.4) is 0 Å². The number of nitrogens with zero attached hydrogens (tertiary/aromatic N) is 2. The molecule has 6 heteroatoms. The average molecular weight is 346 g/mol. The largest absolute Gasteiger partial charge is 0.493 e. The number of ether oxygens (including phenoxy) is 2. The van der Waals surface area contributed by atoms with E-state index in [0.29, 0.717) is 23.1 Å². The number of likely N-dealkylation sites (tertiary alicyclic amines) is 1. The van der Waals surface area contributed by atoms with Gasteiger partial charge in [0.1, 0.15) is 10.7 Å². The highest BCUT2D eigenvalue weighted by molar-refractivity contribution is 7.13. The molecule has 1 fully saturated rings. The third kappa shape index (κ3) is 3.24. The van der Waals surface area contributed by atoms with Crippen LogP contribution in [0.15, 0.2) is 23.6 Å². The van der Waals surface area contributed by atoms with Gasteiger partial charge in [-0.05, 0) is 30.9 Å². The van der Waals surface area contributed by atoms with E-state index in [9.17, 15) is 4.79 Å². The van der Waals surface area contributed by atoms with Crippen LogP contribution in [0.5, 0.6) is 11.5 Å². The van der Waals surface area contributed by atoms with Gasteiger partial charge in [0.2, 0.25) is 0 Å². The molecule has 0 aliphatic carbocycles. The summed E-state index contributed by atoms with van der Waals surface area (Å²) in [6, 6.07) is 5.67. The topological polar surface area (TPSA) is 51.7 Å². The van der Waals surface area contributed by atoms with Crippen molar-refractivity contribution < 1.29 is 14.3 Å². The van der Waals surface area contributed by atoms with Gasteiger partial charge in [-0.2, -0.15) is 0 Å². The number of amides is 1. The third-order valence-corrected chi connectivity index (χ3v) is 5.18. The zero-order valence-electron chi connectivity index (χ0n) is 14.2. The standard InChI is InChI=1S/C18H22N2O3S/c1-12-6-5-9-20(10-12)18(21)14-11-24-17(19-14)13-7-4-8-15(22-2)16(13)23-3/h4,7-8,11-12H,5-6,9-10H2,1-3H3. The Kier molecular flexibility index (Phi) is 5.04. The Hall–Kier alpha value is -2.08. The minimum Gasteiger partial charge on any atom is -0.493 e. The number of thiazole rings is 1. The molecule has 1 aromatic carbocycles. The van der Waals surface area contributed by atoms with E-state index < -0.39 is 0 Å². The van der Waals surface area contributed by atoms with E-state index in [1.165, 1.54) is 17.8 Å². The lowest BCUT2D eigenvalue weighted by molar-refractivity contribution is 0.0678. The molecule has 0 spiro atoms. The van der Waals surface area contributed by atoms with Gasteiger partial charge in [0.05, 0.1) is 19.8 Å². The minimum absolute atomic E-state index is 0.0194. The van der Waals surface area contributed by atoms with Crippen LogP contribution in [0, 0.1) is 5.92 Å². The number of carbonyl (C=O) groups is 1. The van der Waals surface area contributed by atoms with Crippen LogP contribution in [-0.2, 0) is 0 Å². The zero-order chi connectivity index (χ0) is 17.1. The summed E-state index contributed by atoms with van der Waals surface area (Å²) in [5.41, 5.74) is 1.35. The van der Waals surface area contributed by atoms with Crippen molar-refractivity contribution in [3.63, 3.8) is 0 Å². The molecule has 1 saturated heterocycles. The summed E-state index contributed by atoms with van der Waals surface area (Å²) in [5.74, 6) is 1.87. The quantitative estimate of drug-likeness (QED) is 0.847. The fourth-order valence-corrected chi connectivity index (χ4v) is 3.90. The van der Waals surface area contributed by atoms with E-state index in [1.807, 2.05) is 28.5 Å². The predicted molar refractivity (Wildman–Crippen MR) is 95.0 cm³/mol. The molecule has 128 valence electrons. The maximum atomic E-state index is 12.7. The van der Waals surface area contributed by atoms with Crippen LogP contribution in [-0.4, -0.2) is 43.1 Å². The lowest BCUT2D eigenvalue weighted by atomic mass is 10.0. The summed E-state index contributed by atoms with van der Waals surface area (Å²) >= 11 is 1.45. The molecule has 2 aromatic rings. The van der Waals surface area contributed by atoms with Crippen LogP contribution in [0.4, 0.5) is 0 Å². The third-order valence-electron chi connectivity index (χ3n) is 4.30. The first-order valence-corrected chi connectivity index (χ1v) is 8.98. The Labute approximate surface area is 146 Å². The summed E-state index contributed by atoms with van der Waals surface area (Å²) < 4.78 is 10.8. The van der Waals surface area contributed by atoms with Crippen molar-refractivity contribution in [1.29, 1.82) is 0 Å². The second-order valence-corrected chi connectivity index (χ2v) is 6.94. The first-order chi connectivity index (χ1) is 11.6. The molecule has 1 aliphatic heterocycles. The van der Waals surface area contributed by atoms with Crippen molar-refractivity contribution >= 4 is 17.2 Å². The van der Waals surface area contributed by atoms with Crippen LogP contribution in [0.25, 0.3) is 10.6 Å². The number of benzene rings is 1. The number of piperidine rings is 1. The minimum atomic E-state index is 0.0194. The van der Waals surface area contributed by atoms with Crippen LogP contribution in [0.1, 0.15) is 30.3 Å². The molecule has 0 bridgehead atoms. The number of carbonyl (C=O) groups excluding carboxylic acids is 1. The van der Waals surface area contributed by atoms with E-state index in [0.717, 1.165) is 30.1 Å². The molecule has 2 heterocycles. The van der Waals surface area contributed by atoms with Gasteiger partial charge in [-0.25, -0.2) is 4.98 Å². The van der Waals surface area contributed by atoms with E-state index in [4.69, 9.17) is 9.47 Å². The van der Waals surface area contributed by atoms with Gasteiger partial charge in [-0.15, -0.1) is 11.3 Å². The average Bonchev–Trinajstić information content (AvgIpc) is 3.10. The number of para-hydroxylation sites is 1. The Bertz CT molecular complexity index is 729. The smallest absolute Gasteiger partial charge is 0.273 e. The fourth-order valence-electron chi connectivity index (χ4n) is 3.09. The molecule has 0 saturated carbocycles. The van der Waals surface area contributed by atoms with Gasteiger partial charge in [-0.3, -0.25) is 4.79 Å². The summed E-state index contributed by atoms with van der Waals surface area (Å²) in [6.45, 7) is 3.82. The Balaban J connectivity index is 1.87. The number of hydrogen-bond acceptors (Lipinski definition) is 5. The molecule has 5 nitrogen and oxygen atoms in total. The monoisotopic (exact) mass is 346 g/mol. The SMILES string of the molecule is COc1cccc(-c2nc(C(=O)N3CCCC(C)C3)cs2)c1OC. The second kappa shape index (κ2) is 7.21. The summed E-state index contributed by atoms with van der Waals surface area (Å²) in [6.07, 6.45) is 2.25. The van der Waals surface area contributed by atoms with Crippen molar-refractivity contribution in [2.45, 2.75) is 19.8 Å². The van der Waals surface area contributed by atoms with Gasteiger partial charge in [0, 0.05) is 18.5 Å². The normalized spacial score (nSPS) is 17.6. The van der Waals surface area contributed by atoms with Crippen molar-refractivity contribution in [3.8, 4) is 22.1 Å². The maximum absolute atomic E-state index is 12.7. The Morgan fingerprint density at radius 3 is 2.88 bits per heavy atom. The molecule has 0 radical (unpaired) electrons. The summed E-state index contributed by atoms with van der Waals surface area (Å²) in [5, 5.41) is 2.59. The summed E-state index contributed by atoms with van der Waals surface area (Å²) in [4.78, 5) is 19.2. The molecule has 1 aromatic heterocycles. The highest BCUT2D eigenvalue weighted by Crippen LogP contribution is 2.39. The zero-order valence-corrected chi connectivity index (χ0v) is 15.1. The first kappa shape index (κ1) is 16.8. The highest BCUT2D eigenvalue weighted by Gasteiger charge is 2.24. The van der Waals surface area contributed by atoms with Gasteiger partial charge in [0.15, 0.2) is 11.5 Å². The van der Waals surface area contributed by atoms with Crippen molar-refractivity contribution in [2.24, 2.45) is 5.92 Å². The first-order valence-electron chi connectivity index (χ1n) is 8.10. The number of aromatic nitrogens is 1. The van der Waals surface area contributed by atoms with Gasteiger partial charge in [0.25, 0.3) is 5.91 Å². The fraction of sp³-hybridized carbons (Fsp3) is 0.444. The van der Waals surface area contributed by atoms with E-state index >= 15 is 0 Å². The molecule has 1 amide bonds. The second-order valence-electron chi connectivity index (χ2n) is 6.08. The molecule has 1 unspecified atom stereocenters. The number of rotatable bonds is 4. The van der Waals surface area contributed by atoms with E-state index in [1.54, 1.807) is 14.2 Å². The van der Waals surface area contributed by atoms with Crippen LogP contribution < -0.4 is 9.47 Å². The number of methoxy groups -OCH3 is 2. The molecular weight excluding hydrogens is 324 g/mol. The van der Waals surface area contributed by atoms with Crippen molar-refractivity contribution in [3.05, 3.63) is 29.3 Å². The molecular formula is C18H22N2O3S. The van der Waals surface area contributed by atoms with Gasteiger partial charge < -0.3 is 14.4 Å². The van der Waals surface area contributed by atoms with Crippen LogP contribution in [0.2, 0.25) is 0 Å². The molecule has 24 heavy (non-hydrogen) atoms. The Morgan fingerprint density at radius 1 is 1.33 bits per heavy atom. The lowest BCUT2D eigenvalue weighted by Crippen LogP contribution is -2.39. The van der Waals surface area contributed by atoms with E-state index in [-0.39, 0.29) is 5.91 Å².